The Hall–Kier alpha value is -1.83. The van der Waals surface area contributed by atoms with Crippen LogP contribution in [0, 0.1) is 0 Å². The van der Waals surface area contributed by atoms with Crippen molar-refractivity contribution in [3.05, 3.63) is 58.8 Å². The van der Waals surface area contributed by atoms with E-state index in [4.69, 9.17) is 4.98 Å². The van der Waals surface area contributed by atoms with E-state index in [0.717, 1.165) is 25.1 Å². The van der Waals surface area contributed by atoms with Crippen molar-refractivity contribution in [1.29, 1.82) is 0 Å². The molecule has 2 nitrogen and oxygen atoms in total. The molecular formula is C17H18N2. The van der Waals surface area contributed by atoms with Crippen LogP contribution in [0.3, 0.4) is 0 Å². The summed E-state index contributed by atoms with van der Waals surface area (Å²) in [5.41, 5.74) is 5.73. The first kappa shape index (κ1) is 11.0. The molecule has 0 saturated carbocycles. The maximum atomic E-state index is 4.77. The molecule has 0 unspecified atom stereocenters. The van der Waals surface area contributed by atoms with Gasteiger partial charge in [-0.2, -0.15) is 0 Å². The highest BCUT2D eigenvalue weighted by molar-refractivity contribution is 5.44. The Balaban J connectivity index is 1.51. The normalized spacial score (nSPS) is 17.3. The van der Waals surface area contributed by atoms with Crippen molar-refractivity contribution in [3.8, 4) is 0 Å². The van der Waals surface area contributed by atoms with E-state index in [1.54, 1.807) is 0 Å². The number of fused-ring (bicyclic) bond motifs is 2. The smallest absolute Gasteiger partial charge is 0.126 e. The Bertz CT molecular complexity index is 593. The van der Waals surface area contributed by atoms with Crippen LogP contribution in [0.5, 0.6) is 0 Å². The van der Waals surface area contributed by atoms with E-state index in [1.165, 1.54) is 35.2 Å². The highest BCUT2D eigenvalue weighted by Gasteiger charge is 2.21. The third-order valence-electron chi connectivity index (χ3n) is 4.33. The quantitative estimate of drug-likeness (QED) is 0.885. The van der Waals surface area contributed by atoms with Gasteiger partial charge >= 0.3 is 0 Å². The first-order valence-corrected chi connectivity index (χ1v) is 7.20. The Kier molecular flexibility index (Phi) is 2.54. The molecule has 1 N–H and O–H groups in total. The molecule has 1 aromatic heterocycles. The molecule has 2 aliphatic rings. The molecule has 2 aliphatic carbocycles. The van der Waals surface area contributed by atoms with E-state index in [2.05, 4.69) is 41.7 Å². The second kappa shape index (κ2) is 4.37. The Morgan fingerprint density at radius 2 is 1.68 bits per heavy atom. The van der Waals surface area contributed by atoms with Gasteiger partial charge < -0.3 is 5.32 Å². The number of aryl methyl sites for hydroxylation is 2. The zero-order chi connectivity index (χ0) is 12.7. The molecule has 19 heavy (non-hydrogen) atoms. The van der Waals surface area contributed by atoms with E-state index in [0.29, 0.717) is 6.04 Å². The summed E-state index contributed by atoms with van der Waals surface area (Å²) in [6, 6.07) is 13.7. The SMILES string of the molecule is c1ccc2c(c1)CC(Nc1ccc3c(n1)CCC3)C2. The third-order valence-corrected chi connectivity index (χ3v) is 4.33. The van der Waals surface area contributed by atoms with Gasteiger partial charge in [-0.25, -0.2) is 4.98 Å². The molecule has 0 aliphatic heterocycles. The van der Waals surface area contributed by atoms with E-state index < -0.39 is 0 Å². The minimum absolute atomic E-state index is 0.504. The highest BCUT2D eigenvalue weighted by atomic mass is 15.0. The van der Waals surface area contributed by atoms with Crippen molar-refractivity contribution in [3.63, 3.8) is 0 Å². The second-order valence-electron chi connectivity index (χ2n) is 5.67. The summed E-state index contributed by atoms with van der Waals surface area (Å²) in [7, 11) is 0. The molecule has 4 rings (SSSR count). The van der Waals surface area contributed by atoms with Crippen molar-refractivity contribution < 1.29 is 0 Å². The van der Waals surface area contributed by atoms with Gasteiger partial charge in [0.2, 0.25) is 0 Å². The largest absolute Gasteiger partial charge is 0.367 e. The molecular weight excluding hydrogens is 232 g/mol. The Morgan fingerprint density at radius 1 is 0.895 bits per heavy atom. The van der Waals surface area contributed by atoms with Crippen LogP contribution in [0.1, 0.15) is 28.8 Å². The standard InChI is InChI=1S/C17H18N2/c1-2-5-14-11-15(10-13(14)4-1)18-17-9-8-12-6-3-7-16(12)19-17/h1-2,4-5,8-9,15H,3,6-7,10-11H2,(H,18,19). The number of hydrogen-bond donors (Lipinski definition) is 1. The number of rotatable bonds is 2. The van der Waals surface area contributed by atoms with Gasteiger partial charge in [0.15, 0.2) is 0 Å². The molecule has 0 saturated heterocycles. The molecule has 0 atom stereocenters. The minimum Gasteiger partial charge on any atom is -0.367 e. The van der Waals surface area contributed by atoms with Gasteiger partial charge in [-0.05, 0) is 54.9 Å². The number of nitrogens with one attached hydrogen (secondary N) is 1. The van der Waals surface area contributed by atoms with Crippen LogP contribution in [0.2, 0.25) is 0 Å². The molecule has 0 fully saturated rings. The van der Waals surface area contributed by atoms with Gasteiger partial charge in [0.25, 0.3) is 0 Å². The Labute approximate surface area is 113 Å². The van der Waals surface area contributed by atoms with Gasteiger partial charge in [-0.15, -0.1) is 0 Å². The summed E-state index contributed by atoms with van der Waals surface area (Å²) in [5.74, 6) is 1.05. The number of anilines is 1. The number of benzene rings is 1. The van der Waals surface area contributed by atoms with Gasteiger partial charge in [0.1, 0.15) is 5.82 Å². The van der Waals surface area contributed by atoms with E-state index >= 15 is 0 Å². The van der Waals surface area contributed by atoms with Crippen LogP contribution in [0.4, 0.5) is 5.82 Å². The lowest BCUT2D eigenvalue weighted by Gasteiger charge is -2.13. The molecule has 96 valence electrons. The summed E-state index contributed by atoms with van der Waals surface area (Å²) in [6.45, 7) is 0. The fourth-order valence-corrected chi connectivity index (χ4v) is 3.37. The van der Waals surface area contributed by atoms with E-state index in [1.807, 2.05) is 0 Å². The fourth-order valence-electron chi connectivity index (χ4n) is 3.37. The maximum absolute atomic E-state index is 4.77. The average molecular weight is 250 g/mol. The third kappa shape index (κ3) is 2.01. The van der Waals surface area contributed by atoms with Gasteiger partial charge in [0.05, 0.1) is 0 Å². The summed E-state index contributed by atoms with van der Waals surface area (Å²) >= 11 is 0. The first-order chi connectivity index (χ1) is 9.38. The monoisotopic (exact) mass is 250 g/mol. The van der Waals surface area contributed by atoms with Gasteiger partial charge in [0, 0.05) is 11.7 Å². The number of hydrogen-bond acceptors (Lipinski definition) is 2. The number of pyridine rings is 1. The second-order valence-corrected chi connectivity index (χ2v) is 5.67. The minimum atomic E-state index is 0.504. The molecule has 2 aromatic rings. The van der Waals surface area contributed by atoms with Crippen molar-refractivity contribution >= 4 is 5.82 Å². The molecule has 2 heteroatoms. The Morgan fingerprint density at radius 3 is 2.47 bits per heavy atom. The van der Waals surface area contributed by atoms with Crippen LogP contribution in [-0.2, 0) is 25.7 Å². The average Bonchev–Trinajstić information content (AvgIpc) is 3.03. The van der Waals surface area contributed by atoms with Crippen LogP contribution < -0.4 is 5.32 Å². The molecule has 1 heterocycles. The summed E-state index contributed by atoms with van der Waals surface area (Å²) in [5, 5.41) is 3.61. The zero-order valence-electron chi connectivity index (χ0n) is 11.0. The molecule has 0 spiro atoms. The van der Waals surface area contributed by atoms with Crippen molar-refractivity contribution in [2.45, 2.75) is 38.1 Å². The number of aromatic nitrogens is 1. The predicted octanol–water partition coefficient (Wildman–Crippen LogP) is 3.15. The van der Waals surface area contributed by atoms with Crippen LogP contribution in [0.25, 0.3) is 0 Å². The van der Waals surface area contributed by atoms with Crippen molar-refractivity contribution in [2.24, 2.45) is 0 Å². The fraction of sp³-hybridized carbons (Fsp3) is 0.353. The summed E-state index contributed by atoms with van der Waals surface area (Å²) < 4.78 is 0. The molecule has 0 bridgehead atoms. The van der Waals surface area contributed by atoms with Gasteiger partial charge in [-0.1, -0.05) is 30.3 Å². The lowest BCUT2D eigenvalue weighted by Crippen LogP contribution is -2.20. The molecule has 0 radical (unpaired) electrons. The van der Waals surface area contributed by atoms with Crippen LogP contribution >= 0.6 is 0 Å². The summed E-state index contributed by atoms with van der Waals surface area (Å²) in [4.78, 5) is 4.77. The lowest BCUT2D eigenvalue weighted by molar-refractivity contribution is 0.767. The molecule has 1 aromatic carbocycles. The van der Waals surface area contributed by atoms with Crippen LogP contribution in [-0.4, -0.2) is 11.0 Å². The number of nitrogens with zero attached hydrogens (tertiary/aromatic N) is 1. The van der Waals surface area contributed by atoms with Gasteiger partial charge in [-0.3, -0.25) is 0 Å². The topological polar surface area (TPSA) is 24.9 Å². The van der Waals surface area contributed by atoms with E-state index in [9.17, 15) is 0 Å². The van der Waals surface area contributed by atoms with E-state index in [-0.39, 0.29) is 0 Å². The van der Waals surface area contributed by atoms with Crippen LogP contribution in [0.15, 0.2) is 36.4 Å². The molecule has 0 amide bonds. The van der Waals surface area contributed by atoms with Crippen molar-refractivity contribution in [2.75, 3.05) is 5.32 Å². The maximum Gasteiger partial charge on any atom is 0.126 e. The van der Waals surface area contributed by atoms with Crippen molar-refractivity contribution in [1.82, 2.24) is 4.98 Å². The highest BCUT2D eigenvalue weighted by Crippen LogP contribution is 2.26. The lowest BCUT2D eigenvalue weighted by atomic mass is 10.1. The summed E-state index contributed by atoms with van der Waals surface area (Å²) in [6.07, 6.45) is 5.86. The predicted molar refractivity (Wildman–Crippen MR) is 77.5 cm³/mol. The zero-order valence-corrected chi connectivity index (χ0v) is 11.0. The first-order valence-electron chi connectivity index (χ1n) is 7.20.